The van der Waals surface area contributed by atoms with Gasteiger partial charge in [-0.3, -0.25) is 0 Å². The molecule has 1 atom stereocenters. The minimum atomic E-state index is -0.669. The number of nitrogens with two attached hydrogens (primary N) is 1. The van der Waals surface area contributed by atoms with E-state index in [1.807, 2.05) is 0 Å². The quantitative estimate of drug-likeness (QED) is 0.856. The van der Waals surface area contributed by atoms with Gasteiger partial charge in [-0.25, -0.2) is 4.39 Å². The molecular weight excluding hydrogens is 265 g/mol. The van der Waals surface area contributed by atoms with Crippen molar-refractivity contribution in [3.05, 3.63) is 34.1 Å². The van der Waals surface area contributed by atoms with Gasteiger partial charge in [0.1, 0.15) is 5.82 Å². The molecule has 0 radical (unpaired) electrons. The highest BCUT2D eigenvalue weighted by Crippen LogP contribution is 2.18. The summed E-state index contributed by atoms with van der Waals surface area (Å²) < 4.78 is 18.8. The molecule has 0 saturated carbocycles. The number of aliphatic hydroxyl groups is 1. The lowest BCUT2D eigenvalue weighted by Crippen LogP contribution is -2.25. The second-order valence-electron chi connectivity index (χ2n) is 3.14. The van der Waals surface area contributed by atoms with Crippen LogP contribution in [-0.4, -0.2) is 24.4 Å². The Labute approximate surface area is 96.2 Å². The van der Waals surface area contributed by atoms with Crippen LogP contribution in [-0.2, 0) is 11.3 Å². The second-order valence-corrected chi connectivity index (χ2v) is 3.99. The standard InChI is InChI=1S/C10H13BrFNO2/c11-10-2-1-8(12)3-7(10)5-15-6-9(14)4-13/h1-3,9,14H,4-6,13H2. The molecule has 3 nitrogen and oxygen atoms in total. The number of halogens is 2. The fourth-order valence-electron chi connectivity index (χ4n) is 1.03. The Morgan fingerprint density at radius 1 is 1.53 bits per heavy atom. The lowest BCUT2D eigenvalue weighted by atomic mass is 10.2. The summed E-state index contributed by atoms with van der Waals surface area (Å²) in [4.78, 5) is 0. The predicted octanol–water partition coefficient (Wildman–Crippen LogP) is 1.42. The molecule has 0 heterocycles. The molecule has 0 amide bonds. The summed E-state index contributed by atoms with van der Waals surface area (Å²) in [7, 11) is 0. The average Bonchev–Trinajstić information content (AvgIpc) is 2.23. The number of hydrogen-bond donors (Lipinski definition) is 2. The molecule has 0 spiro atoms. The number of hydrogen-bond acceptors (Lipinski definition) is 3. The third-order valence-corrected chi connectivity index (χ3v) is 2.62. The summed E-state index contributed by atoms with van der Waals surface area (Å²) in [6.45, 7) is 0.555. The van der Waals surface area contributed by atoms with E-state index in [1.165, 1.54) is 12.1 Å². The Balaban J connectivity index is 2.46. The molecule has 15 heavy (non-hydrogen) atoms. The first-order chi connectivity index (χ1) is 7.13. The van der Waals surface area contributed by atoms with Crippen LogP contribution >= 0.6 is 15.9 Å². The van der Waals surface area contributed by atoms with Gasteiger partial charge in [0.05, 0.1) is 19.3 Å². The molecule has 1 aromatic rings. The van der Waals surface area contributed by atoms with Gasteiger partial charge in [0, 0.05) is 11.0 Å². The lowest BCUT2D eigenvalue weighted by Gasteiger charge is -2.09. The summed E-state index contributed by atoms with van der Waals surface area (Å²) in [5.74, 6) is -0.309. The molecule has 0 bridgehead atoms. The molecule has 0 aliphatic rings. The van der Waals surface area contributed by atoms with Crippen molar-refractivity contribution in [3.63, 3.8) is 0 Å². The van der Waals surface area contributed by atoms with Crippen molar-refractivity contribution < 1.29 is 14.2 Å². The maximum Gasteiger partial charge on any atom is 0.123 e. The summed E-state index contributed by atoms with van der Waals surface area (Å²) in [5.41, 5.74) is 5.91. The van der Waals surface area contributed by atoms with E-state index in [1.54, 1.807) is 6.07 Å². The lowest BCUT2D eigenvalue weighted by molar-refractivity contribution is 0.0326. The summed E-state index contributed by atoms with van der Waals surface area (Å²) in [6, 6.07) is 4.37. The molecule has 0 saturated heterocycles. The molecule has 5 heteroatoms. The average molecular weight is 278 g/mol. The molecule has 1 aromatic carbocycles. The van der Waals surface area contributed by atoms with Gasteiger partial charge in [-0.2, -0.15) is 0 Å². The molecule has 84 valence electrons. The molecule has 0 aliphatic heterocycles. The molecular formula is C10H13BrFNO2. The van der Waals surface area contributed by atoms with Gasteiger partial charge in [-0.1, -0.05) is 15.9 Å². The van der Waals surface area contributed by atoms with Crippen molar-refractivity contribution in [2.45, 2.75) is 12.7 Å². The zero-order valence-corrected chi connectivity index (χ0v) is 9.71. The van der Waals surface area contributed by atoms with E-state index in [0.29, 0.717) is 5.56 Å². The second kappa shape index (κ2) is 6.17. The smallest absolute Gasteiger partial charge is 0.123 e. The van der Waals surface area contributed by atoms with Gasteiger partial charge in [0.25, 0.3) is 0 Å². The van der Waals surface area contributed by atoms with Crippen LogP contribution in [0.1, 0.15) is 5.56 Å². The van der Waals surface area contributed by atoms with Crippen molar-refractivity contribution in [1.29, 1.82) is 0 Å². The SMILES string of the molecule is NCC(O)COCc1cc(F)ccc1Br. The molecule has 0 aromatic heterocycles. The fraction of sp³-hybridized carbons (Fsp3) is 0.400. The molecule has 1 rings (SSSR count). The van der Waals surface area contributed by atoms with Crippen LogP contribution in [0.25, 0.3) is 0 Å². The van der Waals surface area contributed by atoms with E-state index >= 15 is 0 Å². The normalized spacial score (nSPS) is 12.8. The van der Waals surface area contributed by atoms with Crippen molar-refractivity contribution in [1.82, 2.24) is 0 Å². The fourth-order valence-corrected chi connectivity index (χ4v) is 1.39. The highest BCUT2D eigenvalue weighted by molar-refractivity contribution is 9.10. The third-order valence-electron chi connectivity index (χ3n) is 1.85. The number of benzene rings is 1. The Bertz CT molecular complexity index is 322. The zero-order chi connectivity index (χ0) is 11.3. The van der Waals surface area contributed by atoms with E-state index in [0.717, 1.165) is 4.47 Å². The molecule has 1 unspecified atom stereocenters. The minimum absolute atomic E-state index is 0.152. The Morgan fingerprint density at radius 3 is 2.93 bits per heavy atom. The van der Waals surface area contributed by atoms with Crippen LogP contribution in [0.4, 0.5) is 4.39 Å². The maximum atomic E-state index is 12.9. The first-order valence-corrected chi connectivity index (χ1v) is 5.32. The van der Waals surface area contributed by atoms with Crippen molar-refractivity contribution in [3.8, 4) is 0 Å². The monoisotopic (exact) mass is 277 g/mol. The van der Waals surface area contributed by atoms with E-state index < -0.39 is 6.10 Å². The van der Waals surface area contributed by atoms with Gasteiger partial charge in [-0.15, -0.1) is 0 Å². The van der Waals surface area contributed by atoms with E-state index in [4.69, 9.17) is 15.6 Å². The van der Waals surface area contributed by atoms with Crippen LogP contribution in [0.2, 0.25) is 0 Å². The first-order valence-electron chi connectivity index (χ1n) is 4.53. The van der Waals surface area contributed by atoms with E-state index in [9.17, 15) is 4.39 Å². The largest absolute Gasteiger partial charge is 0.389 e. The van der Waals surface area contributed by atoms with E-state index in [2.05, 4.69) is 15.9 Å². The van der Waals surface area contributed by atoms with Gasteiger partial charge in [0.2, 0.25) is 0 Å². The van der Waals surface area contributed by atoms with Gasteiger partial charge < -0.3 is 15.6 Å². The van der Waals surface area contributed by atoms with Gasteiger partial charge in [0.15, 0.2) is 0 Å². The summed E-state index contributed by atoms with van der Waals surface area (Å²) in [5, 5.41) is 9.12. The molecule has 0 aliphatic carbocycles. The summed E-state index contributed by atoms with van der Waals surface area (Å²) >= 11 is 3.28. The Morgan fingerprint density at radius 2 is 2.27 bits per heavy atom. The highest BCUT2D eigenvalue weighted by atomic mass is 79.9. The Hall–Kier alpha value is -0.490. The topological polar surface area (TPSA) is 55.5 Å². The van der Waals surface area contributed by atoms with Crippen molar-refractivity contribution in [2.24, 2.45) is 5.73 Å². The third kappa shape index (κ3) is 4.25. The Kier molecular flexibility index (Phi) is 5.17. The van der Waals surface area contributed by atoms with Crippen LogP contribution < -0.4 is 5.73 Å². The van der Waals surface area contributed by atoms with Crippen LogP contribution in [0.3, 0.4) is 0 Å². The molecule has 3 N–H and O–H groups in total. The van der Waals surface area contributed by atoms with E-state index in [-0.39, 0.29) is 25.6 Å². The first kappa shape index (κ1) is 12.6. The number of ether oxygens (including phenoxy) is 1. The van der Waals surface area contributed by atoms with Crippen molar-refractivity contribution in [2.75, 3.05) is 13.2 Å². The zero-order valence-electron chi connectivity index (χ0n) is 8.12. The van der Waals surface area contributed by atoms with Crippen LogP contribution in [0.15, 0.2) is 22.7 Å². The molecule has 0 fully saturated rings. The number of aliphatic hydroxyl groups excluding tert-OH is 1. The maximum absolute atomic E-state index is 12.9. The van der Waals surface area contributed by atoms with Crippen LogP contribution in [0, 0.1) is 5.82 Å². The minimum Gasteiger partial charge on any atom is -0.389 e. The summed E-state index contributed by atoms with van der Waals surface area (Å²) in [6.07, 6.45) is -0.669. The van der Waals surface area contributed by atoms with Crippen molar-refractivity contribution >= 4 is 15.9 Å². The van der Waals surface area contributed by atoms with Crippen LogP contribution in [0.5, 0.6) is 0 Å². The predicted molar refractivity (Wildman–Crippen MR) is 58.8 cm³/mol. The highest BCUT2D eigenvalue weighted by Gasteiger charge is 2.04. The number of rotatable bonds is 5. The van der Waals surface area contributed by atoms with Gasteiger partial charge in [-0.05, 0) is 23.8 Å². The van der Waals surface area contributed by atoms with Gasteiger partial charge >= 0.3 is 0 Å².